The third-order valence-corrected chi connectivity index (χ3v) is 3.10. The molecule has 0 fully saturated rings. The van der Waals surface area contributed by atoms with E-state index in [9.17, 15) is 9.59 Å². The zero-order chi connectivity index (χ0) is 15.2. The molecule has 0 saturated carbocycles. The van der Waals surface area contributed by atoms with E-state index in [4.69, 9.17) is 5.26 Å². The van der Waals surface area contributed by atoms with Crippen molar-refractivity contribution in [3.8, 4) is 6.07 Å². The minimum absolute atomic E-state index is 0.0236. The smallest absolute Gasteiger partial charge is 0.299 e. The van der Waals surface area contributed by atoms with Crippen LogP contribution in [0.25, 0.3) is 6.08 Å². The molecular weight excluding hydrogens is 266 g/mol. The van der Waals surface area contributed by atoms with Crippen LogP contribution in [0.3, 0.4) is 0 Å². The van der Waals surface area contributed by atoms with Crippen LogP contribution in [0.5, 0.6) is 0 Å². The predicted molar refractivity (Wildman–Crippen MR) is 80.8 cm³/mol. The number of aryl methyl sites for hydroxylation is 1. The summed E-state index contributed by atoms with van der Waals surface area (Å²) in [6, 6.07) is 11.4. The van der Waals surface area contributed by atoms with Crippen LogP contribution < -0.4 is 11.2 Å². The van der Waals surface area contributed by atoms with Crippen molar-refractivity contribution in [2.24, 2.45) is 0 Å². The lowest BCUT2D eigenvalue weighted by molar-refractivity contribution is 0.604. The second-order valence-electron chi connectivity index (χ2n) is 4.45. The molecule has 0 atom stereocenters. The summed E-state index contributed by atoms with van der Waals surface area (Å²) in [5.41, 5.74) is 0.00601. The van der Waals surface area contributed by atoms with Crippen LogP contribution in [-0.2, 0) is 13.1 Å². The van der Waals surface area contributed by atoms with E-state index in [0.717, 1.165) is 10.1 Å². The van der Waals surface area contributed by atoms with E-state index >= 15 is 0 Å². The van der Waals surface area contributed by atoms with Gasteiger partial charge in [-0.2, -0.15) is 5.26 Å². The first-order valence-electron chi connectivity index (χ1n) is 6.63. The van der Waals surface area contributed by atoms with Gasteiger partial charge in [0.1, 0.15) is 11.6 Å². The quantitative estimate of drug-likeness (QED) is 0.855. The summed E-state index contributed by atoms with van der Waals surface area (Å²) in [6.07, 6.45) is 4.88. The Hall–Kier alpha value is -2.87. The SMILES string of the molecule is CCn1cc(C#N)c(=O)n(C/C=C/c2ccccc2)c1=O. The van der Waals surface area contributed by atoms with Crippen molar-refractivity contribution < 1.29 is 0 Å². The highest BCUT2D eigenvalue weighted by molar-refractivity contribution is 5.48. The van der Waals surface area contributed by atoms with Crippen LogP contribution in [0.1, 0.15) is 18.1 Å². The van der Waals surface area contributed by atoms with Gasteiger partial charge in [-0.3, -0.25) is 13.9 Å². The van der Waals surface area contributed by atoms with E-state index in [2.05, 4.69) is 0 Å². The highest BCUT2D eigenvalue weighted by Crippen LogP contribution is 2.00. The molecule has 1 aromatic carbocycles. The largest absolute Gasteiger partial charge is 0.331 e. The first-order chi connectivity index (χ1) is 10.2. The summed E-state index contributed by atoms with van der Waals surface area (Å²) < 4.78 is 2.43. The minimum atomic E-state index is -0.551. The van der Waals surface area contributed by atoms with Gasteiger partial charge in [0, 0.05) is 19.3 Å². The van der Waals surface area contributed by atoms with Crippen molar-refractivity contribution in [3.05, 3.63) is 74.6 Å². The molecule has 1 aromatic heterocycles. The van der Waals surface area contributed by atoms with Gasteiger partial charge in [-0.25, -0.2) is 4.79 Å². The average molecular weight is 281 g/mol. The molecule has 2 aromatic rings. The Morgan fingerprint density at radius 2 is 1.95 bits per heavy atom. The molecular formula is C16H15N3O2. The van der Waals surface area contributed by atoms with E-state index in [1.54, 1.807) is 13.0 Å². The molecule has 5 nitrogen and oxygen atoms in total. The summed E-state index contributed by atoms with van der Waals surface area (Å²) in [7, 11) is 0. The monoisotopic (exact) mass is 281 g/mol. The zero-order valence-electron chi connectivity index (χ0n) is 11.7. The predicted octanol–water partition coefficient (Wildman–Crippen LogP) is 1.61. The summed E-state index contributed by atoms with van der Waals surface area (Å²) in [5, 5.41) is 8.96. The maximum atomic E-state index is 12.1. The second-order valence-corrected chi connectivity index (χ2v) is 4.45. The minimum Gasteiger partial charge on any atom is -0.299 e. The lowest BCUT2D eigenvalue weighted by Crippen LogP contribution is -2.40. The average Bonchev–Trinajstić information content (AvgIpc) is 2.52. The van der Waals surface area contributed by atoms with Crippen molar-refractivity contribution in [2.45, 2.75) is 20.0 Å². The Balaban J connectivity index is 2.36. The van der Waals surface area contributed by atoms with E-state index in [0.29, 0.717) is 6.54 Å². The topological polar surface area (TPSA) is 67.8 Å². The zero-order valence-corrected chi connectivity index (χ0v) is 11.7. The van der Waals surface area contributed by atoms with Gasteiger partial charge in [-0.1, -0.05) is 42.5 Å². The highest BCUT2D eigenvalue weighted by Gasteiger charge is 2.08. The van der Waals surface area contributed by atoms with Crippen molar-refractivity contribution in [2.75, 3.05) is 0 Å². The number of nitrogens with zero attached hydrogens (tertiary/aromatic N) is 3. The summed E-state index contributed by atoms with van der Waals surface area (Å²) in [5.74, 6) is 0. The fourth-order valence-corrected chi connectivity index (χ4v) is 1.98. The number of nitriles is 1. The lowest BCUT2D eigenvalue weighted by Gasteiger charge is -2.07. The Morgan fingerprint density at radius 3 is 2.57 bits per heavy atom. The molecule has 21 heavy (non-hydrogen) atoms. The fraction of sp³-hybridized carbons (Fsp3) is 0.188. The Bertz CT molecular complexity index is 808. The van der Waals surface area contributed by atoms with Crippen molar-refractivity contribution in [1.82, 2.24) is 9.13 Å². The molecule has 0 bridgehead atoms. The van der Waals surface area contributed by atoms with Gasteiger partial charge >= 0.3 is 5.69 Å². The van der Waals surface area contributed by atoms with Gasteiger partial charge in [-0.15, -0.1) is 0 Å². The van der Waals surface area contributed by atoms with E-state index in [1.807, 2.05) is 42.5 Å². The van der Waals surface area contributed by atoms with Gasteiger partial charge in [-0.05, 0) is 12.5 Å². The number of hydrogen-bond donors (Lipinski definition) is 0. The van der Waals surface area contributed by atoms with Gasteiger partial charge in [0.15, 0.2) is 0 Å². The highest BCUT2D eigenvalue weighted by atomic mass is 16.2. The molecule has 1 heterocycles. The summed E-state index contributed by atoms with van der Waals surface area (Å²) in [6.45, 7) is 2.34. The molecule has 0 radical (unpaired) electrons. The maximum absolute atomic E-state index is 12.1. The molecule has 0 N–H and O–H groups in total. The van der Waals surface area contributed by atoms with Gasteiger partial charge in [0.05, 0.1) is 0 Å². The van der Waals surface area contributed by atoms with E-state index < -0.39 is 11.2 Å². The van der Waals surface area contributed by atoms with Crippen LogP contribution >= 0.6 is 0 Å². The molecule has 2 rings (SSSR count). The standard InChI is InChI=1S/C16H15N3O2/c1-2-18-12-14(11-17)15(20)19(16(18)21)10-6-9-13-7-4-3-5-8-13/h3-9,12H,2,10H2,1H3/b9-6+. The molecule has 0 amide bonds. The van der Waals surface area contributed by atoms with Crippen LogP contribution in [0.15, 0.2) is 52.2 Å². The lowest BCUT2D eigenvalue weighted by atomic mass is 10.2. The number of rotatable bonds is 4. The van der Waals surface area contributed by atoms with Gasteiger partial charge < -0.3 is 0 Å². The van der Waals surface area contributed by atoms with Gasteiger partial charge in [0.25, 0.3) is 5.56 Å². The Morgan fingerprint density at radius 1 is 1.24 bits per heavy atom. The molecule has 0 saturated heterocycles. The number of benzene rings is 1. The van der Waals surface area contributed by atoms with Crippen molar-refractivity contribution in [3.63, 3.8) is 0 Å². The maximum Gasteiger partial charge on any atom is 0.331 e. The number of aromatic nitrogens is 2. The van der Waals surface area contributed by atoms with Crippen LogP contribution in [0.4, 0.5) is 0 Å². The van der Waals surface area contributed by atoms with Crippen LogP contribution in [0.2, 0.25) is 0 Å². The first kappa shape index (κ1) is 14.5. The molecule has 0 aliphatic rings. The molecule has 0 spiro atoms. The van der Waals surface area contributed by atoms with Crippen molar-refractivity contribution >= 4 is 6.08 Å². The first-order valence-corrected chi connectivity index (χ1v) is 6.63. The van der Waals surface area contributed by atoms with E-state index in [1.165, 1.54) is 10.8 Å². The van der Waals surface area contributed by atoms with Crippen LogP contribution in [0, 0.1) is 11.3 Å². The summed E-state index contributed by atoms with van der Waals surface area (Å²) in [4.78, 5) is 24.1. The molecule has 5 heteroatoms. The van der Waals surface area contributed by atoms with E-state index in [-0.39, 0.29) is 12.1 Å². The van der Waals surface area contributed by atoms with Crippen molar-refractivity contribution in [1.29, 1.82) is 5.26 Å². The third kappa shape index (κ3) is 3.18. The molecule has 106 valence electrons. The fourth-order valence-electron chi connectivity index (χ4n) is 1.98. The summed E-state index contributed by atoms with van der Waals surface area (Å²) >= 11 is 0. The second kappa shape index (κ2) is 6.53. The molecule has 0 unspecified atom stereocenters. The number of hydrogen-bond acceptors (Lipinski definition) is 3. The third-order valence-electron chi connectivity index (χ3n) is 3.10. The van der Waals surface area contributed by atoms with Crippen LogP contribution in [-0.4, -0.2) is 9.13 Å². The Kier molecular flexibility index (Phi) is 4.52. The molecule has 0 aliphatic heterocycles. The number of allylic oxidation sites excluding steroid dienone is 1. The van der Waals surface area contributed by atoms with Gasteiger partial charge in [0.2, 0.25) is 0 Å². The Labute approximate surface area is 122 Å². The molecule has 0 aliphatic carbocycles. The normalized spacial score (nSPS) is 10.7.